The van der Waals surface area contributed by atoms with Crippen LogP contribution < -0.4 is 5.32 Å². The summed E-state index contributed by atoms with van der Waals surface area (Å²) < 4.78 is 19.8. The Balaban J connectivity index is 1.70. The number of ether oxygens (including phenoxy) is 1. The maximum atomic E-state index is 13.0. The van der Waals surface area contributed by atoms with E-state index in [9.17, 15) is 9.18 Å². The fourth-order valence-electron chi connectivity index (χ4n) is 2.37. The van der Waals surface area contributed by atoms with Gasteiger partial charge in [-0.15, -0.1) is 5.10 Å². The minimum atomic E-state index is -0.321. The Morgan fingerprint density at radius 2 is 2.23 bits per heavy atom. The van der Waals surface area contributed by atoms with E-state index >= 15 is 0 Å². The number of nitrogens with one attached hydrogen (secondary N) is 1. The highest BCUT2D eigenvalue weighted by atomic mass is 19.1. The summed E-state index contributed by atoms with van der Waals surface area (Å²) in [6.07, 6.45) is 0.955. The van der Waals surface area contributed by atoms with Gasteiger partial charge in [0, 0.05) is 19.1 Å². The van der Waals surface area contributed by atoms with E-state index in [2.05, 4.69) is 15.4 Å². The molecule has 6 nitrogen and oxygen atoms in total. The van der Waals surface area contributed by atoms with E-state index in [-0.39, 0.29) is 17.5 Å². The van der Waals surface area contributed by atoms with Crippen LogP contribution in [0.1, 0.15) is 22.9 Å². The van der Waals surface area contributed by atoms with Gasteiger partial charge in [0.25, 0.3) is 5.91 Å². The summed E-state index contributed by atoms with van der Waals surface area (Å²) >= 11 is 0. The second-order valence-corrected chi connectivity index (χ2v) is 5.31. The summed E-state index contributed by atoms with van der Waals surface area (Å²) in [5.41, 5.74) is 0.662. The van der Waals surface area contributed by atoms with Gasteiger partial charge in [-0.1, -0.05) is 0 Å². The van der Waals surface area contributed by atoms with Gasteiger partial charge in [-0.2, -0.15) is 0 Å². The van der Waals surface area contributed by atoms with Crippen molar-refractivity contribution in [3.8, 4) is 5.69 Å². The molecule has 1 aromatic heterocycles. The molecule has 0 spiro atoms. The lowest BCUT2D eigenvalue weighted by Gasteiger charge is -2.07. The van der Waals surface area contributed by atoms with Crippen molar-refractivity contribution in [3.05, 3.63) is 41.7 Å². The van der Waals surface area contributed by atoms with Gasteiger partial charge in [0.2, 0.25) is 5.82 Å². The SMILES string of the molecule is Cc1nc(C(=O)NCC2CCOC2)nn1-c1ccc(F)cc1. The predicted molar refractivity (Wildman–Crippen MR) is 77.3 cm³/mol. The van der Waals surface area contributed by atoms with E-state index in [1.54, 1.807) is 19.1 Å². The number of nitrogens with zero attached hydrogens (tertiary/aromatic N) is 3. The second kappa shape index (κ2) is 6.23. The maximum absolute atomic E-state index is 13.0. The quantitative estimate of drug-likeness (QED) is 0.929. The van der Waals surface area contributed by atoms with Gasteiger partial charge in [-0.3, -0.25) is 4.79 Å². The molecule has 2 heterocycles. The summed E-state index contributed by atoms with van der Waals surface area (Å²) in [5, 5.41) is 7.02. The van der Waals surface area contributed by atoms with Gasteiger partial charge >= 0.3 is 0 Å². The molecule has 2 aromatic rings. The van der Waals surface area contributed by atoms with E-state index in [0.29, 0.717) is 30.6 Å². The topological polar surface area (TPSA) is 69.0 Å². The monoisotopic (exact) mass is 304 g/mol. The highest BCUT2D eigenvalue weighted by Crippen LogP contribution is 2.12. The van der Waals surface area contributed by atoms with Crippen LogP contribution in [0.2, 0.25) is 0 Å². The lowest BCUT2D eigenvalue weighted by Crippen LogP contribution is -2.30. The molecule has 1 atom stereocenters. The van der Waals surface area contributed by atoms with Crippen molar-refractivity contribution in [3.63, 3.8) is 0 Å². The number of amides is 1. The van der Waals surface area contributed by atoms with Crippen LogP contribution in [0.15, 0.2) is 24.3 Å². The lowest BCUT2D eigenvalue weighted by molar-refractivity contribution is 0.0934. The number of hydrogen-bond acceptors (Lipinski definition) is 4. The van der Waals surface area contributed by atoms with E-state index < -0.39 is 0 Å². The molecule has 1 aliphatic rings. The first-order valence-electron chi connectivity index (χ1n) is 7.19. The largest absolute Gasteiger partial charge is 0.381 e. The summed E-state index contributed by atoms with van der Waals surface area (Å²) in [5.74, 6) is 0.403. The number of benzene rings is 1. The van der Waals surface area contributed by atoms with Crippen LogP contribution in [0.25, 0.3) is 5.69 Å². The highest BCUT2D eigenvalue weighted by Gasteiger charge is 2.19. The molecule has 1 aliphatic heterocycles. The van der Waals surface area contributed by atoms with Crippen LogP contribution in [-0.4, -0.2) is 40.4 Å². The Morgan fingerprint density at radius 3 is 2.91 bits per heavy atom. The predicted octanol–water partition coefficient (Wildman–Crippen LogP) is 1.48. The molecular formula is C15H17FN4O2. The van der Waals surface area contributed by atoms with Crippen molar-refractivity contribution in [1.82, 2.24) is 20.1 Å². The lowest BCUT2D eigenvalue weighted by atomic mass is 10.1. The molecule has 0 radical (unpaired) electrons. The van der Waals surface area contributed by atoms with Crippen molar-refractivity contribution in [1.29, 1.82) is 0 Å². The van der Waals surface area contributed by atoms with E-state index in [4.69, 9.17) is 4.74 Å². The third kappa shape index (κ3) is 3.14. The number of rotatable bonds is 4. The van der Waals surface area contributed by atoms with Crippen molar-refractivity contribution in [2.75, 3.05) is 19.8 Å². The normalized spacial score (nSPS) is 17.6. The second-order valence-electron chi connectivity index (χ2n) is 5.31. The Kier molecular flexibility index (Phi) is 4.15. The molecule has 0 bridgehead atoms. The fraction of sp³-hybridized carbons (Fsp3) is 0.400. The number of carbonyl (C=O) groups is 1. The van der Waals surface area contributed by atoms with E-state index in [1.807, 2.05) is 0 Å². The number of halogens is 1. The smallest absolute Gasteiger partial charge is 0.290 e. The molecule has 0 saturated carbocycles. The average molecular weight is 304 g/mol. The zero-order valence-corrected chi connectivity index (χ0v) is 12.3. The van der Waals surface area contributed by atoms with Gasteiger partial charge in [-0.05, 0) is 37.6 Å². The number of aryl methyl sites for hydroxylation is 1. The van der Waals surface area contributed by atoms with Crippen molar-refractivity contribution >= 4 is 5.91 Å². The van der Waals surface area contributed by atoms with Crippen molar-refractivity contribution in [2.45, 2.75) is 13.3 Å². The molecule has 1 saturated heterocycles. The van der Waals surface area contributed by atoms with Crippen LogP contribution in [-0.2, 0) is 4.74 Å². The Hall–Kier alpha value is -2.28. The Morgan fingerprint density at radius 1 is 1.45 bits per heavy atom. The van der Waals surface area contributed by atoms with Crippen LogP contribution in [0.5, 0.6) is 0 Å². The Bertz CT molecular complexity index is 663. The molecule has 7 heteroatoms. The standard InChI is InChI=1S/C15H17FN4O2/c1-10-18-14(15(21)17-8-11-6-7-22-9-11)19-20(10)13-4-2-12(16)3-5-13/h2-5,11H,6-9H2,1H3,(H,17,21). The van der Waals surface area contributed by atoms with Gasteiger partial charge in [0.1, 0.15) is 11.6 Å². The summed E-state index contributed by atoms with van der Waals surface area (Å²) in [4.78, 5) is 16.3. The molecule has 1 amide bonds. The van der Waals surface area contributed by atoms with Gasteiger partial charge in [0.05, 0.1) is 12.3 Å². The van der Waals surface area contributed by atoms with E-state index in [1.165, 1.54) is 16.8 Å². The van der Waals surface area contributed by atoms with Crippen LogP contribution in [0.3, 0.4) is 0 Å². The van der Waals surface area contributed by atoms with Crippen LogP contribution >= 0.6 is 0 Å². The summed E-state index contributed by atoms with van der Waals surface area (Å²) in [6, 6.07) is 5.87. The van der Waals surface area contributed by atoms with Crippen molar-refractivity contribution < 1.29 is 13.9 Å². The minimum Gasteiger partial charge on any atom is -0.381 e. The minimum absolute atomic E-state index is 0.112. The van der Waals surface area contributed by atoms with Crippen molar-refractivity contribution in [2.24, 2.45) is 5.92 Å². The zero-order valence-electron chi connectivity index (χ0n) is 12.3. The third-order valence-electron chi connectivity index (χ3n) is 3.62. The highest BCUT2D eigenvalue weighted by molar-refractivity contribution is 5.90. The molecule has 116 valence electrons. The third-order valence-corrected chi connectivity index (χ3v) is 3.62. The zero-order chi connectivity index (χ0) is 15.5. The Labute approximate surface area is 127 Å². The van der Waals surface area contributed by atoms with Gasteiger partial charge < -0.3 is 10.1 Å². The van der Waals surface area contributed by atoms with Gasteiger partial charge in [-0.25, -0.2) is 14.1 Å². The molecule has 1 N–H and O–H groups in total. The summed E-state index contributed by atoms with van der Waals surface area (Å²) in [6.45, 7) is 3.73. The molecule has 0 aliphatic carbocycles. The number of carbonyl (C=O) groups excluding carboxylic acids is 1. The number of aromatic nitrogens is 3. The summed E-state index contributed by atoms with van der Waals surface area (Å²) in [7, 11) is 0. The molecule has 3 rings (SSSR count). The first-order chi connectivity index (χ1) is 10.6. The maximum Gasteiger partial charge on any atom is 0.290 e. The molecule has 22 heavy (non-hydrogen) atoms. The molecule has 1 fully saturated rings. The molecule has 1 aromatic carbocycles. The van der Waals surface area contributed by atoms with Crippen LogP contribution in [0.4, 0.5) is 4.39 Å². The molecular weight excluding hydrogens is 287 g/mol. The first kappa shape index (κ1) is 14.6. The average Bonchev–Trinajstić information content (AvgIpc) is 3.15. The van der Waals surface area contributed by atoms with Gasteiger partial charge in [0.15, 0.2) is 0 Å². The molecule has 1 unspecified atom stereocenters. The van der Waals surface area contributed by atoms with Crippen LogP contribution in [0, 0.1) is 18.7 Å². The fourth-order valence-corrected chi connectivity index (χ4v) is 2.37. The number of hydrogen-bond donors (Lipinski definition) is 1. The first-order valence-corrected chi connectivity index (χ1v) is 7.19. The van der Waals surface area contributed by atoms with E-state index in [0.717, 1.165) is 13.0 Å².